The van der Waals surface area contributed by atoms with Gasteiger partial charge in [0.15, 0.2) is 5.69 Å². The quantitative estimate of drug-likeness (QED) is 0.355. The summed E-state index contributed by atoms with van der Waals surface area (Å²) in [5.41, 5.74) is 3.09. The van der Waals surface area contributed by atoms with E-state index in [1.54, 1.807) is 24.3 Å². The number of nitro groups is 1. The molecule has 0 heterocycles. The number of aliphatic imine (C=N–C) groups is 1. The standard InChI is InChI=1S/C15H14N2O2/c1-11-8-9-12(2)14(10-11)16-15(17(18)19)13-6-4-3-5-7-13/h3-10H,1-2H3. The van der Waals surface area contributed by atoms with Crippen LogP contribution in [-0.2, 0) is 0 Å². The lowest BCUT2D eigenvalue weighted by atomic mass is 10.1. The van der Waals surface area contributed by atoms with Gasteiger partial charge < -0.3 is 10.1 Å². The molecule has 0 unspecified atom stereocenters. The second-order valence-corrected chi connectivity index (χ2v) is 4.35. The van der Waals surface area contributed by atoms with Crippen LogP contribution in [0.4, 0.5) is 5.69 Å². The van der Waals surface area contributed by atoms with Crippen molar-refractivity contribution in [2.75, 3.05) is 0 Å². The molecule has 0 aromatic heterocycles. The van der Waals surface area contributed by atoms with E-state index in [4.69, 9.17) is 0 Å². The zero-order chi connectivity index (χ0) is 13.8. The third-order valence-electron chi connectivity index (χ3n) is 2.80. The van der Waals surface area contributed by atoms with Gasteiger partial charge in [-0.25, -0.2) is 0 Å². The Morgan fingerprint density at radius 2 is 1.79 bits per heavy atom. The molecule has 0 atom stereocenters. The van der Waals surface area contributed by atoms with Gasteiger partial charge in [0.05, 0.1) is 5.56 Å². The fraction of sp³-hybridized carbons (Fsp3) is 0.133. The van der Waals surface area contributed by atoms with Gasteiger partial charge in [0, 0.05) is 5.56 Å². The maximum Gasteiger partial charge on any atom is 0.371 e. The Hall–Kier alpha value is -2.49. The molecule has 0 saturated heterocycles. The second kappa shape index (κ2) is 5.44. The highest BCUT2D eigenvalue weighted by Crippen LogP contribution is 2.21. The summed E-state index contributed by atoms with van der Waals surface area (Å²) in [6.07, 6.45) is 0. The number of amidine groups is 1. The fourth-order valence-electron chi connectivity index (χ4n) is 1.75. The second-order valence-electron chi connectivity index (χ2n) is 4.35. The predicted molar refractivity (Wildman–Crippen MR) is 75.5 cm³/mol. The van der Waals surface area contributed by atoms with Crippen molar-refractivity contribution in [3.63, 3.8) is 0 Å². The Kier molecular flexibility index (Phi) is 3.71. The molecule has 2 aromatic rings. The van der Waals surface area contributed by atoms with Crippen molar-refractivity contribution in [3.8, 4) is 0 Å². The van der Waals surface area contributed by atoms with Gasteiger partial charge in [-0.05, 0) is 47.5 Å². The summed E-state index contributed by atoms with van der Waals surface area (Å²) in [5.74, 6) is -0.130. The van der Waals surface area contributed by atoms with E-state index in [0.29, 0.717) is 11.3 Å². The molecule has 0 N–H and O–H groups in total. The average Bonchev–Trinajstić information content (AvgIpc) is 2.40. The smallest absolute Gasteiger partial charge is 0.358 e. The van der Waals surface area contributed by atoms with Crippen LogP contribution >= 0.6 is 0 Å². The molecule has 0 aliphatic carbocycles. The van der Waals surface area contributed by atoms with Gasteiger partial charge in [-0.1, -0.05) is 30.3 Å². The van der Waals surface area contributed by atoms with Crippen LogP contribution in [-0.4, -0.2) is 10.8 Å². The van der Waals surface area contributed by atoms with E-state index in [-0.39, 0.29) is 5.84 Å². The third kappa shape index (κ3) is 3.04. The van der Waals surface area contributed by atoms with Gasteiger partial charge >= 0.3 is 5.84 Å². The Bertz CT molecular complexity index is 634. The lowest BCUT2D eigenvalue weighted by molar-refractivity contribution is -0.348. The van der Waals surface area contributed by atoms with E-state index in [1.807, 2.05) is 38.1 Å². The van der Waals surface area contributed by atoms with Crippen molar-refractivity contribution in [1.82, 2.24) is 0 Å². The minimum absolute atomic E-state index is 0.130. The van der Waals surface area contributed by atoms with E-state index in [0.717, 1.165) is 11.1 Å². The van der Waals surface area contributed by atoms with Gasteiger partial charge in [0.1, 0.15) is 0 Å². The van der Waals surface area contributed by atoms with E-state index >= 15 is 0 Å². The minimum Gasteiger partial charge on any atom is -0.358 e. The topological polar surface area (TPSA) is 55.5 Å². The highest BCUT2D eigenvalue weighted by Gasteiger charge is 2.17. The summed E-state index contributed by atoms with van der Waals surface area (Å²) in [5, 5.41) is 11.2. The largest absolute Gasteiger partial charge is 0.371 e. The molecule has 0 bridgehead atoms. The van der Waals surface area contributed by atoms with E-state index in [9.17, 15) is 10.1 Å². The van der Waals surface area contributed by atoms with Crippen LogP contribution in [0, 0.1) is 24.0 Å². The number of nitrogens with zero attached hydrogens (tertiary/aromatic N) is 2. The third-order valence-corrected chi connectivity index (χ3v) is 2.80. The SMILES string of the molecule is Cc1ccc(C)c(N=C(c2ccccc2)[N+](=O)[O-])c1. The monoisotopic (exact) mass is 254 g/mol. The van der Waals surface area contributed by atoms with Gasteiger partial charge in [-0.2, -0.15) is 0 Å². The Morgan fingerprint density at radius 1 is 1.11 bits per heavy atom. The van der Waals surface area contributed by atoms with Crippen molar-refractivity contribution in [1.29, 1.82) is 0 Å². The summed E-state index contributed by atoms with van der Waals surface area (Å²) in [6, 6.07) is 14.4. The van der Waals surface area contributed by atoms with Crippen molar-refractivity contribution >= 4 is 11.5 Å². The number of rotatable bonds is 2. The first-order chi connectivity index (χ1) is 9.08. The van der Waals surface area contributed by atoms with E-state index in [2.05, 4.69) is 4.99 Å². The number of benzene rings is 2. The van der Waals surface area contributed by atoms with Crippen LogP contribution in [0.25, 0.3) is 0 Å². The molecule has 0 fully saturated rings. The first-order valence-electron chi connectivity index (χ1n) is 5.93. The zero-order valence-electron chi connectivity index (χ0n) is 10.8. The minimum atomic E-state index is -0.447. The Balaban J connectivity index is 2.54. The molecule has 0 saturated carbocycles. The van der Waals surface area contributed by atoms with Crippen LogP contribution in [0.5, 0.6) is 0 Å². The van der Waals surface area contributed by atoms with E-state index in [1.165, 1.54) is 0 Å². The van der Waals surface area contributed by atoms with Crippen LogP contribution in [0.2, 0.25) is 0 Å². The maximum atomic E-state index is 11.2. The first-order valence-corrected chi connectivity index (χ1v) is 5.93. The summed E-state index contributed by atoms with van der Waals surface area (Å²) >= 11 is 0. The number of hydrogen-bond acceptors (Lipinski definition) is 3. The van der Waals surface area contributed by atoms with Gasteiger partial charge in [-0.15, -0.1) is 0 Å². The molecule has 96 valence electrons. The Labute approximate surface area is 111 Å². The zero-order valence-corrected chi connectivity index (χ0v) is 10.8. The fourth-order valence-corrected chi connectivity index (χ4v) is 1.75. The van der Waals surface area contributed by atoms with Crippen molar-refractivity contribution in [2.45, 2.75) is 13.8 Å². The van der Waals surface area contributed by atoms with Crippen LogP contribution in [0.3, 0.4) is 0 Å². The van der Waals surface area contributed by atoms with Crippen LogP contribution < -0.4 is 0 Å². The molecular formula is C15H14N2O2. The van der Waals surface area contributed by atoms with Crippen LogP contribution in [0.1, 0.15) is 16.7 Å². The van der Waals surface area contributed by atoms with Crippen molar-refractivity contribution in [3.05, 3.63) is 75.3 Å². The summed E-state index contributed by atoms with van der Waals surface area (Å²) in [4.78, 5) is 14.9. The van der Waals surface area contributed by atoms with Gasteiger partial charge in [-0.3, -0.25) is 0 Å². The molecule has 0 spiro atoms. The van der Waals surface area contributed by atoms with Gasteiger partial charge in [0.2, 0.25) is 0 Å². The van der Waals surface area contributed by atoms with Crippen molar-refractivity contribution in [2.24, 2.45) is 4.99 Å². The molecule has 0 aliphatic heterocycles. The maximum absolute atomic E-state index is 11.2. The highest BCUT2D eigenvalue weighted by atomic mass is 16.6. The molecule has 0 amide bonds. The number of aryl methyl sites for hydroxylation is 2. The lowest BCUT2D eigenvalue weighted by Gasteiger charge is -2.00. The molecule has 2 aromatic carbocycles. The summed E-state index contributed by atoms with van der Waals surface area (Å²) in [6.45, 7) is 3.83. The van der Waals surface area contributed by atoms with Crippen LogP contribution in [0.15, 0.2) is 53.5 Å². The first kappa shape index (κ1) is 13.0. The molecule has 4 heteroatoms. The Morgan fingerprint density at radius 3 is 2.42 bits per heavy atom. The molecule has 0 aliphatic rings. The molecule has 19 heavy (non-hydrogen) atoms. The average molecular weight is 254 g/mol. The molecular weight excluding hydrogens is 240 g/mol. The molecule has 2 rings (SSSR count). The highest BCUT2D eigenvalue weighted by molar-refractivity contribution is 5.94. The summed E-state index contributed by atoms with van der Waals surface area (Å²) in [7, 11) is 0. The number of hydrogen-bond donors (Lipinski definition) is 0. The van der Waals surface area contributed by atoms with E-state index < -0.39 is 4.92 Å². The predicted octanol–water partition coefficient (Wildman–Crippen LogP) is 3.66. The summed E-state index contributed by atoms with van der Waals surface area (Å²) < 4.78 is 0. The molecule has 0 radical (unpaired) electrons. The molecule has 4 nitrogen and oxygen atoms in total. The normalized spacial score (nSPS) is 11.4. The van der Waals surface area contributed by atoms with Gasteiger partial charge in [0.25, 0.3) is 0 Å². The van der Waals surface area contributed by atoms with Crippen molar-refractivity contribution < 1.29 is 4.92 Å². The lowest BCUT2D eigenvalue weighted by Crippen LogP contribution is -2.12.